The molecular weight excluding hydrogens is 465 g/mol. The van der Waals surface area contributed by atoms with Gasteiger partial charge in [-0.15, -0.1) is 0 Å². The quantitative estimate of drug-likeness (QED) is 0.517. The minimum Gasteiger partial charge on any atom is -0.493 e. The highest BCUT2D eigenvalue weighted by molar-refractivity contribution is 6.30. The number of amides is 2. The van der Waals surface area contributed by atoms with Crippen LogP contribution < -0.4 is 20.3 Å². The first-order chi connectivity index (χ1) is 15.7. The summed E-state index contributed by atoms with van der Waals surface area (Å²) in [5.74, 6) is -1.30. The van der Waals surface area contributed by atoms with Gasteiger partial charge in [-0.2, -0.15) is 18.3 Å². The Labute approximate surface area is 191 Å². The number of aromatic nitrogens is 2. The summed E-state index contributed by atoms with van der Waals surface area (Å²) in [5, 5.41) is 3.88. The zero-order valence-corrected chi connectivity index (χ0v) is 18.1. The average Bonchev–Trinajstić information content (AvgIpc) is 3.24. The molecule has 2 aromatic carbocycles. The van der Waals surface area contributed by atoms with Crippen molar-refractivity contribution in [2.45, 2.75) is 13.1 Å². The summed E-state index contributed by atoms with van der Waals surface area (Å²) in [5.41, 5.74) is 2.04. The molecule has 1 aromatic heterocycles. The number of rotatable bonds is 6. The Bertz CT molecular complexity index is 1180. The third-order valence-corrected chi connectivity index (χ3v) is 4.59. The number of carbonyl (C=O) groups is 2. The molecule has 0 fully saturated rings. The molecule has 33 heavy (non-hydrogen) atoms. The molecule has 0 atom stereocenters. The maximum Gasteiger partial charge on any atom is 0.434 e. The van der Waals surface area contributed by atoms with Crippen molar-refractivity contribution in [3.05, 3.63) is 70.5 Å². The van der Waals surface area contributed by atoms with Gasteiger partial charge in [0, 0.05) is 10.6 Å². The lowest BCUT2D eigenvalue weighted by atomic mass is 10.2. The average molecular weight is 483 g/mol. The molecule has 0 saturated carbocycles. The number of hydrogen-bond acceptors (Lipinski definition) is 5. The first-order valence-corrected chi connectivity index (χ1v) is 9.86. The molecule has 2 N–H and O–H groups in total. The van der Waals surface area contributed by atoms with E-state index in [1.54, 1.807) is 6.92 Å². The minimum absolute atomic E-state index is 0.0133. The predicted molar refractivity (Wildman–Crippen MR) is 113 cm³/mol. The van der Waals surface area contributed by atoms with Crippen molar-refractivity contribution in [3.63, 3.8) is 0 Å². The number of carbonyl (C=O) groups excluding carboxylic acids is 2. The summed E-state index contributed by atoms with van der Waals surface area (Å²) >= 11 is 5.86. The number of nitrogens with zero attached hydrogens (tertiary/aromatic N) is 2. The van der Waals surface area contributed by atoms with E-state index in [1.807, 2.05) is 5.43 Å². The molecule has 12 heteroatoms. The van der Waals surface area contributed by atoms with E-state index in [9.17, 15) is 22.8 Å². The molecule has 0 bridgehead atoms. The summed E-state index contributed by atoms with van der Waals surface area (Å²) in [4.78, 5) is 24.9. The SMILES string of the molecule is CCOc1ccc(C(=O)NNC(=O)c2cnn(-c3cccc(Cl)c3)c2C(F)(F)F)cc1OC. The molecule has 0 unspecified atom stereocenters. The third-order valence-electron chi connectivity index (χ3n) is 4.35. The van der Waals surface area contributed by atoms with Crippen LogP contribution in [0.3, 0.4) is 0 Å². The van der Waals surface area contributed by atoms with Crippen molar-refractivity contribution in [1.29, 1.82) is 0 Å². The summed E-state index contributed by atoms with van der Waals surface area (Å²) in [7, 11) is 1.39. The van der Waals surface area contributed by atoms with E-state index in [-0.39, 0.29) is 22.0 Å². The number of benzene rings is 2. The Kier molecular flexibility index (Phi) is 7.12. The molecule has 2 amide bonds. The highest BCUT2D eigenvalue weighted by Gasteiger charge is 2.40. The number of methoxy groups -OCH3 is 1. The van der Waals surface area contributed by atoms with E-state index in [1.165, 1.54) is 49.6 Å². The zero-order valence-electron chi connectivity index (χ0n) is 17.4. The van der Waals surface area contributed by atoms with Gasteiger partial charge >= 0.3 is 6.18 Å². The standard InChI is InChI=1S/C21H18ClF3N4O4/c1-3-33-16-8-7-12(9-17(16)32-2)19(30)27-28-20(31)15-11-26-29(18(15)21(23,24)25)14-6-4-5-13(22)10-14/h4-11H,3H2,1-2H3,(H,27,30)(H,28,31). The van der Waals surface area contributed by atoms with Crippen LogP contribution in [0.5, 0.6) is 11.5 Å². The van der Waals surface area contributed by atoms with Crippen molar-refractivity contribution in [1.82, 2.24) is 20.6 Å². The molecule has 1 heterocycles. The molecule has 0 aliphatic carbocycles. The largest absolute Gasteiger partial charge is 0.493 e. The second-order valence-electron chi connectivity index (χ2n) is 6.50. The second kappa shape index (κ2) is 9.82. The first kappa shape index (κ1) is 23.9. The van der Waals surface area contributed by atoms with Crippen LogP contribution in [0.2, 0.25) is 5.02 Å². The molecular formula is C21H18ClF3N4O4. The van der Waals surface area contributed by atoms with Gasteiger partial charge in [0.05, 0.1) is 31.2 Å². The molecule has 3 aromatic rings. The Balaban J connectivity index is 1.81. The van der Waals surface area contributed by atoms with Gasteiger partial charge in [0.2, 0.25) is 0 Å². The van der Waals surface area contributed by atoms with E-state index in [2.05, 4.69) is 10.5 Å². The summed E-state index contributed by atoms with van der Waals surface area (Å²) in [6.07, 6.45) is -4.16. The predicted octanol–water partition coefficient (Wildman–Crippen LogP) is 4.03. The molecule has 3 rings (SSSR count). The Morgan fingerprint density at radius 3 is 2.45 bits per heavy atom. The highest BCUT2D eigenvalue weighted by atomic mass is 35.5. The zero-order chi connectivity index (χ0) is 24.2. The number of hydrogen-bond donors (Lipinski definition) is 2. The van der Waals surface area contributed by atoms with Crippen LogP contribution >= 0.6 is 11.6 Å². The fourth-order valence-corrected chi connectivity index (χ4v) is 3.11. The van der Waals surface area contributed by atoms with E-state index in [4.69, 9.17) is 21.1 Å². The Hall–Kier alpha value is -3.73. The van der Waals surface area contributed by atoms with Crippen molar-refractivity contribution in [2.24, 2.45) is 0 Å². The van der Waals surface area contributed by atoms with Crippen LogP contribution in [-0.4, -0.2) is 35.3 Å². The first-order valence-electron chi connectivity index (χ1n) is 9.48. The van der Waals surface area contributed by atoms with Crippen LogP contribution in [0.15, 0.2) is 48.7 Å². The Morgan fingerprint density at radius 1 is 1.09 bits per heavy atom. The van der Waals surface area contributed by atoms with E-state index in [0.717, 1.165) is 6.20 Å². The van der Waals surface area contributed by atoms with Crippen LogP contribution in [-0.2, 0) is 6.18 Å². The van der Waals surface area contributed by atoms with Crippen molar-refractivity contribution < 1.29 is 32.2 Å². The van der Waals surface area contributed by atoms with Gasteiger partial charge in [0.15, 0.2) is 17.2 Å². The van der Waals surface area contributed by atoms with Gasteiger partial charge < -0.3 is 9.47 Å². The van der Waals surface area contributed by atoms with E-state index >= 15 is 0 Å². The summed E-state index contributed by atoms with van der Waals surface area (Å²) in [6, 6.07) is 9.84. The fraction of sp³-hybridized carbons (Fsp3) is 0.190. The van der Waals surface area contributed by atoms with Gasteiger partial charge in [0.1, 0.15) is 0 Å². The summed E-state index contributed by atoms with van der Waals surface area (Å²) < 4.78 is 52.3. The molecule has 0 saturated heterocycles. The Morgan fingerprint density at radius 2 is 1.82 bits per heavy atom. The lowest BCUT2D eigenvalue weighted by molar-refractivity contribution is -0.143. The van der Waals surface area contributed by atoms with Gasteiger partial charge in [-0.05, 0) is 43.3 Å². The molecule has 8 nitrogen and oxygen atoms in total. The summed E-state index contributed by atoms with van der Waals surface area (Å²) in [6.45, 7) is 2.15. The molecule has 0 radical (unpaired) electrons. The van der Waals surface area contributed by atoms with Gasteiger partial charge in [0.25, 0.3) is 11.8 Å². The van der Waals surface area contributed by atoms with Gasteiger partial charge in [-0.3, -0.25) is 20.4 Å². The number of halogens is 4. The number of nitrogens with one attached hydrogen (secondary N) is 2. The van der Waals surface area contributed by atoms with Crippen molar-refractivity contribution in [2.75, 3.05) is 13.7 Å². The van der Waals surface area contributed by atoms with Crippen molar-refractivity contribution in [3.8, 4) is 17.2 Å². The van der Waals surface area contributed by atoms with E-state index < -0.39 is 29.2 Å². The fourth-order valence-electron chi connectivity index (χ4n) is 2.93. The van der Waals surface area contributed by atoms with Crippen LogP contribution in [0.25, 0.3) is 5.69 Å². The third kappa shape index (κ3) is 5.37. The lowest BCUT2D eigenvalue weighted by Crippen LogP contribution is -2.42. The topological polar surface area (TPSA) is 94.5 Å². The molecule has 174 valence electrons. The second-order valence-corrected chi connectivity index (χ2v) is 6.94. The minimum atomic E-state index is -4.92. The molecule has 0 aliphatic heterocycles. The lowest BCUT2D eigenvalue weighted by Gasteiger charge is -2.14. The number of hydrazine groups is 1. The number of ether oxygens (including phenoxy) is 2. The maximum atomic E-state index is 13.7. The van der Waals surface area contributed by atoms with Crippen LogP contribution in [0, 0.1) is 0 Å². The smallest absolute Gasteiger partial charge is 0.434 e. The van der Waals surface area contributed by atoms with Crippen molar-refractivity contribution >= 4 is 23.4 Å². The van der Waals surface area contributed by atoms with Gasteiger partial charge in [-0.1, -0.05) is 17.7 Å². The van der Waals surface area contributed by atoms with Crippen LogP contribution in [0.1, 0.15) is 33.3 Å². The molecule has 0 spiro atoms. The van der Waals surface area contributed by atoms with Gasteiger partial charge in [-0.25, -0.2) is 4.68 Å². The molecule has 0 aliphatic rings. The monoisotopic (exact) mass is 482 g/mol. The van der Waals surface area contributed by atoms with Crippen LogP contribution in [0.4, 0.5) is 13.2 Å². The highest BCUT2D eigenvalue weighted by Crippen LogP contribution is 2.34. The normalized spacial score (nSPS) is 11.1. The van der Waals surface area contributed by atoms with E-state index in [0.29, 0.717) is 17.0 Å². The number of alkyl halides is 3. The maximum absolute atomic E-state index is 13.7.